The molecule has 0 unspecified atom stereocenters. The number of nitrogens with zero attached hydrogens (tertiary/aromatic N) is 4. The lowest BCUT2D eigenvalue weighted by atomic mass is 10.2. The third-order valence-electron chi connectivity index (χ3n) is 5.46. The lowest BCUT2D eigenvalue weighted by molar-refractivity contribution is 0.475. The predicted octanol–water partition coefficient (Wildman–Crippen LogP) is 3.33. The van der Waals surface area contributed by atoms with Crippen LogP contribution in [-0.4, -0.2) is 51.2 Å². The Morgan fingerprint density at radius 1 is 0.903 bits per heavy atom. The topological polar surface area (TPSA) is 77.0 Å². The van der Waals surface area contributed by atoms with E-state index in [-0.39, 0.29) is 10.6 Å². The van der Waals surface area contributed by atoms with Gasteiger partial charge in [0.25, 0.3) is 10.0 Å². The summed E-state index contributed by atoms with van der Waals surface area (Å²) in [4.78, 5) is 9.05. The fourth-order valence-corrected chi connectivity index (χ4v) is 5.20. The molecule has 0 spiro atoms. The van der Waals surface area contributed by atoms with Crippen LogP contribution in [0.4, 0.5) is 17.2 Å². The number of rotatable bonds is 6. The Balaban J connectivity index is 1.45. The predicted molar refractivity (Wildman–Crippen MR) is 123 cm³/mol. The van der Waals surface area contributed by atoms with E-state index >= 15 is 0 Å². The minimum atomic E-state index is -3.68. The number of hydrogen-bond donors (Lipinski definition) is 1. The zero-order chi connectivity index (χ0) is 21.8. The first-order valence-electron chi connectivity index (χ1n) is 10.3. The van der Waals surface area contributed by atoms with Gasteiger partial charge < -0.3 is 14.9 Å². The number of aromatic hydroxyl groups is 1. The first-order chi connectivity index (χ1) is 15.0. The molecule has 8 heteroatoms. The van der Waals surface area contributed by atoms with Crippen molar-refractivity contribution < 1.29 is 13.5 Å². The van der Waals surface area contributed by atoms with E-state index in [4.69, 9.17) is 0 Å². The summed E-state index contributed by atoms with van der Waals surface area (Å²) >= 11 is 0. The lowest BCUT2D eigenvalue weighted by Crippen LogP contribution is -2.46. The van der Waals surface area contributed by atoms with E-state index in [1.54, 1.807) is 36.4 Å². The minimum Gasteiger partial charge on any atom is -0.508 e. The molecule has 1 N–H and O–H groups in total. The van der Waals surface area contributed by atoms with Gasteiger partial charge in [-0.2, -0.15) is 0 Å². The molecule has 4 rings (SSSR count). The number of aromatic nitrogens is 1. The molecule has 0 amide bonds. The summed E-state index contributed by atoms with van der Waals surface area (Å²) in [5, 5.41) is 9.46. The van der Waals surface area contributed by atoms with Crippen LogP contribution in [0.2, 0.25) is 0 Å². The van der Waals surface area contributed by atoms with Crippen molar-refractivity contribution in [2.45, 2.75) is 11.8 Å². The second kappa shape index (κ2) is 8.85. The van der Waals surface area contributed by atoms with Crippen molar-refractivity contribution in [2.75, 3.05) is 46.8 Å². The molecule has 0 bridgehead atoms. The molecule has 1 fully saturated rings. The van der Waals surface area contributed by atoms with Crippen molar-refractivity contribution in [1.82, 2.24) is 4.98 Å². The summed E-state index contributed by atoms with van der Waals surface area (Å²) in [5.41, 5.74) is 1.71. The summed E-state index contributed by atoms with van der Waals surface area (Å²) < 4.78 is 27.6. The molecular formula is C23H26N4O3S. The fourth-order valence-electron chi connectivity index (χ4n) is 3.78. The van der Waals surface area contributed by atoms with Crippen LogP contribution >= 0.6 is 0 Å². The molecule has 0 aliphatic carbocycles. The van der Waals surface area contributed by atoms with Crippen LogP contribution < -0.4 is 14.1 Å². The van der Waals surface area contributed by atoms with Gasteiger partial charge >= 0.3 is 0 Å². The van der Waals surface area contributed by atoms with Gasteiger partial charge in [0.15, 0.2) is 0 Å². The number of para-hydroxylation sites is 1. The van der Waals surface area contributed by atoms with Crippen molar-refractivity contribution >= 4 is 27.2 Å². The molecule has 7 nitrogen and oxygen atoms in total. The lowest BCUT2D eigenvalue weighted by Gasteiger charge is -2.36. The van der Waals surface area contributed by atoms with Crippen LogP contribution in [0.15, 0.2) is 77.8 Å². The Morgan fingerprint density at radius 2 is 1.55 bits per heavy atom. The van der Waals surface area contributed by atoms with Gasteiger partial charge in [0.05, 0.1) is 5.69 Å². The Labute approximate surface area is 183 Å². The fraction of sp³-hybridized carbons (Fsp3) is 0.261. The second-order valence-electron chi connectivity index (χ2n) is 7.35. The standard InChI is InChI=1S/C23H26N4O3S/c1-2-27(20-6-4-3-5-7-20)31(29,30)22-12-13-23(24-18-22)26-16-14-25(15-17-26)19-8-10-21(28)11-9-19/h3-13,18,28H,2,14-17H2,1H3. The highest BCUT2D eigenvalue weighted by Crippen LogP contribution is 2.25. The SMILES string of the molecule is CCN(c1ccccc1)S(=O)(=O)c1ccc(N2CCN(c3ccc(O)cc3)CC2)nc1. The van der Waals surface area contributed by atoms with E-state index in [0.29, 0.717) is 12.2 Å². The largest absolute Gasteiger partial charge is 0.508 e. The maximum atomic E-state index is 13.1. The molecule has 2 aromatic carbocycles. The van der Waals surface area contributed by atoms with Gasteiger partial charge in [-0.3, -0.25) is 4.31 Å². The Kier molecular flexibility index (Phi) is 5.99. The summed E-state index contributed by atoms with van der Waals surface area (Å²) in [6.45, 7) is 5.37. The molecule has 3 aromatic rings. The highest BCUT2D eigenvalue weighted by molar-refractivity contribution is 7.92. The van der Waals surface area contributed by atoms with Gasteiger partial charge in [-0.25, -0.2) is 13.4 Å². The summed E-state index contributed by atoms with van der Waals surface area (Å²) in [6.07, 6.45) is 1.45. The molecule has 1 saturated heterocycles. The van der Waals surface area contributed by atoms with Gasteiger partial charge in [-0.15, -0.1) is 0 Å². The number of hydrogen-bond acceptors (Lipinski definition) is 6. The van der Waals surface area contributed by atoms with Crippen molar-refractivity contribution in [2.24, 2.45) is 0 Å². The molecule has 0 atom stereocenters. The monoisotopic (exact) mass is 438 g/mol. The smallest absolute Gasteiger partial charge is 0.265 e. The van der Waals surface area contributed by atoms with Gasteiger partial charge in [-0.05, 0) is 55.5 Å². The molecule has 1 aliphatic heterocycles. The zero-order valence-corrected chi connectivity index (χ0v) is 18.2. The average Bonchev–Trinajstić information content (AvgIpc) is 2.81. The van der Waals surface area contributed by atoms with E-state index in [2.05, 4.69) is 14.8 Å². The molecular weight excluding hydrogens is 412 g/mol. The minimum absolute atomic E-state index is 0.185. The van der Waals surface area contributed by atoms with E-state index in [9.17, 15) is 13.5 Å². The molecule has 162 valence electrons. The number of benzene rings is 2. The maximum Gasteiger partial charge on any atom is 0.265 e. The first-order valence-corrected chi connectivity index (χ1v) is 11.8. The maximum absolute atomic E-state index is 13.1. The number of phenols is 1. The van der Waals surface area contributed by atoms with Crippen LogP contribution in [0.5, 0.6) is 5.75 Å². The van der Waals surface area contributed by atoms with Gasteiger partial charge in [-0.1, -0.05) is 18.2 Å². The van der Waals surface area contributed by atoms with E-state index in [0.717, 1.165) is 37.7 Å². The number of sulfonamides is 1. The third-order valence-corrected chi connectivity index (χ3v) is 7.35. The van der Waals surface area contributed by atoms with Gasteiger partial charge in [0.1, 0.15) is 16.5 Å². The van der Waals surface area contributed by atoms with Crippen LogP contribution in [0.3, 0.4) is 0 Å². The molecule has 2 heterocycles. The quantitative estimate of drug-likeness (QED) is 0.636. The molecule has 0 radical (unpaired) electrons. The Bertz CT molecular complexity index is 1100. The Hall–Kier alpha value is -3.26. The van der Waals surface area contributed by atoms with E-state index in [1.165, 1.54) is 10.5 Å². The van der Waals surface area contributed by atoms with Gasteiger partial charge in [0, 0.05) is 44.6 Å². The van der Waals surface area contributed by atoms with E-state index < -0.39 is 10.0 Å². The highest BCUT2D eigenvalue weighted by Gasteiger charge is 2.25. The summed E-state index contributed by atoms with van der Waals surface area (Å²) in [7, 11) is -3.68. The van der Waals surface area contributed by atoms with Crippen molar-refractivity contribution in [3.05, 3.63) is 72.9 Å². The molecule has 31 heavy (non-hydrogen) atoms. The average molecular weight is 439 g/mol. The highest BCUT2D eigenvalue weighted by atomic mass is 32.2. The van der Waals surface area contributed by atoms with Crippen molar-refractivity contribution in [3.8, 4) is 5.75 Å². The van der Waals surface area contributed by atoms with Gasteiger partial charge in [0.2, 0.25) is 0 Å². The summed E-state index contributed by atoms with van der Waals surface area (Å²) in [6, 6.07) is 19.7. The van der Waals surface area contributed by atoms with Crippen LogP contribution in [-0.2, 0) is 10.0 Å². The van der Waals surface area contributed by atoms with Crippen LogP contribution in [0.1, 0.15) is 6.92 Å². The Morgan fingerprint density at radius 3 is 2.13 bits per heavy atom. The normalized spacial score (nSPS) is 14.5. The first kappa shape index (κ1) is 21.0. The molecule has 1 aromatic heterocycles. The van der Waals surface area contributed by atoms with E-state index in [1.807, 2.05) is 37.3 Å². The number of anilines is 3. The van der Waals surface area contributed by atoms with Crippen molar-refractivity contribution in [1.29, 1.82) is 0 Å². The third kappa shape index (κ3) is 4.44. The number of pyridine rings is 1. The van der Waals surface area contributed by atoms with Crippen LogP contribution in [0, 0.1) is 0 Å². The zero-order valence-electron chi connectivity index (χ0n) is 17.4. The number of phenolic OH excluding ortho intramolecular Hbond substituents is 1. The second-order valence-corrected chi connectivity index (χ2v) is 9.21. The number of piperazine rings is 1. The summed E-state index contributed by atoms with van der Waals surface area (Å²) in [5.74, 6) is 1.03. The molecule has 0 saturated carbocycles. The van der Waals surface area contributed by atoms with Crippen LogP contribution in [0.25, 0.3) is 0 Å². The molecule has 1 aliphatic rings. The van der Waals surface area contributed by atoms with Crippen molar-refractivity contribution in [3.63, 3.8) is 0 Å².